The van der Waals surface area contributed by atoms with Gasteiger partial charge in [0.2, 0.25) is 5.75 Å². The quantitative estimate of drug-likeness (QED) is 0.115. The van der Waals surface area contributed by atoms with Gasteiger partial charge in [0.1, 0.15) is 28.8 Å². The molecule has 5 rings (SSSR count). The van der Waals surface area contributed by atoms with Crippen molar-refractivity contribution < 1.29 is 58.1 Å². The molecule has 13 heteroatoms. The highest BCUT2D eigenvalue weighted by Gasteiger charge is 2.42. The van der Waals surface area contributed by atoms with Crippen molar-refractivity contribution >= 4 is 0 Å². The van der Waals surface area contributed by atoms with Gasteiger partial charge in [-0.1, -0.05) is 49.7 Å². The van der Waals surface area contributed by atoms with Crippen molar-refractivity contribution in [2.45, 2.75) is 69.9 Å². The molecule has 1 fully saturated rings. The summed E-state index contributed by atoms with van der Waals surface area (Å²) in [6.45, 7) is 2.89. The molecule has 0 spiro atoms. The van der Waals surface area contributed by atoms with Gasteiger partial charge in [0.25, 0.3) is 0 Å². The Kier molecular flexibility index (Phi) is 10.8. The van der Waals surface area contributed by atoms with Crippen LogP contribution in [0, 0.1) is 29.1 Å². The summed E-state index contributed by atoms with van der Waals surface area (Å²) in [5, 5.41) is 0. The number of alkyl halides is 5. The van der Waals surface area contributed by atoms with Gasteiger partial charge in [-0.25, -0.2) is 22.0 Å². The molecule has 0 aliphatic heterocycles. The topological polar surface area (TPSA) is 27.7 Å². The van der Waals surface area contributed by atoms with Crippen LogP contribution in [-0.2, 0) is 10.8 Å². The van der Waals surface area contributed by atoms with Gasteiger partial charge in [0.15, 0.2) is 11.6 Å². The van der Waals surface area contributed by atoms with Crippen LogP contribution in [0.25, 0.3) is 22.3 Å². The minimum absolute atomic E-state index is 0.0808. The zero-order valence-corrected chi connectivity index (χ0v) is 26.0. The molecule has 0 unspecified atom stereocenters. The van der Waals surface area contributed by atoms with E-state index in [1.165, 1.54) is 12.1 Å². The van der Waals surface area contributed by atoms with E-state index in [2.05, 4.69) is 16.4 Å². The van der Waals surface area contributed by atoms with Gasteiger partial charge in [-0.2, -0.15) is 8.78 Å². The summed E-state index contributed by atoms with van der Waals surface area (Å²) >= 11 is 0. The molecule has 4 aromatic rings. The van der Waals surface area contributed by atoms with Gasteiger partial charge in [-0.05, 0) is 78.5 Å². The molecule has 0 amide bonds. The summed E-state index contributed by atoms with van der Waals surface area (Å²) in [5.41, 5.74) is -0.430. The molecule has 49 heavy (non-hydrogen) atoms. The fraction of sp³-hybridized carbons (Fsp3) is 0.333. The number of hydrogen-bond donors (Lipinski definition) is 0. The molecule has 262 valence electrons. The highest BCUT2D eigenvalue weighted by molar-refractivity contribution is 5.71. The first-order valence-corrected chi connectivity index (χ1v) is 15.5. The van der Waals surface area contributed by atoms with Crippen molar-refractivity contribution in [3.63, 3.8) is 0 Å². The summed E-state index contributed by atoms with van der Waals surface area (Å²) in [4.78, 5) is 0. The minimum Gasteiger partial charge on any atom is -0.429 e. The second kappa shape index (κ2) is 14.7. The molecule has 0 heterocycles. The van der Waals surface area contributed by atoms with Crippen LogP contribution in [0.4, 0.5) is 43.9 Å². The van der Waals surface area contributed by atoms with E-state index < -0.39 is 64.2 Å². The lowest BCUT2D eigenvalue weighted by Crippen LogP contribution is -2.25. The van der Waals surface area contributed by atoms with Crippen molar-refractivity contribution in [3.8, 4) is 33.8 Å². The molecule has 0 N–H and O–H groups in total. The van der Waals surface area contributed by atoms with Crippen LogP contribution in [0.3, 0.4) is 0 Å². The van der Waals surface area contributed by atoms with E-state index in [-0.39, 0.29) is 23.8 Å². The van der Waals surface area contributed by atoms with Crippen LogP contribution in [0.1, 0.15) is 62.5 Å². The van der Waals surface area contributed by atoms with E-state index in [4.69, 9.17) is 4.74 Å². The van der Waals surface area contributed by atoms with Crippen molar-refractivity contribution in [1.29, 1.82) is 0 Å². The van der Waals surface area contributed by atoms with Gasteiger partial charge >= 0.3 is 12.5 Å². The van der Waals surface area contributed by atoms with E-state index in [1.807, 2.05) is 24.3 Å². The molecule has 0 radical (unpaired) electrons. The fourth-order valence-electron chi connectivity index (χ4n) is 5.85. The van der Waals surface area contributed by atoms with Crippen LogP contribution < -0.4 is 9.47 Å². The molecule has 3 nitrogen and oxygen atoms in total. The molecular formula is C36H30F10O3. The Bertz CT molecular complexity index is 1720. The molecule has 1 saturated carbocycles. The second-order valence-electron chi connectivity index (χ2n) is 11.7. The predicted octanol–water partition coefficient (Wildman–Crippen LogP) is 11.6. The van der Waals surface area contributed by atoms with E-state index in [1.54, 1.807) is 0 Å². The maximum Gasteiger partial charge on any atom is 0.573 e. The Morgan fingerprint density at radius 1 is 0.633 bits per heavy atom. The average Bonchev–Trinajstić information content (AvgIpc) is 3.02. The Hall–Kier alpha value is -4.26. The van der Waals surface area contributed by atoms with Crippen molar-refractivity contribution in [2.75, 3.05) is 6.61 Å². The van der Waals surface area contributed by atoms with Crippen molar-refractivity contribution in [2.24, 2.45) is 0 Å². The molecule has 0 bridgehead atoms. The number of ether oxygens (including phenoxy) is 3. The van der Waals surface area contributed by atoms with Crippen LogP contribution >= 0.6 is 0 Å². The van der Waals surface area contributed by atoms with E-state index in [0.29, 0.717) is 29.2 Å². The van der Waals surface area contributed by atoms with Gasteiger partial charge in [0, 0.05) is 24.3 Å². The molecule has 4 aromatic carbocycles. The Morgan fingerprint density at radius 2 is 1.20 bits per heavy atom. The zero-order chi connectivity index (χ0) is 35.5. The first-order valence-electron chi connectivity index (χ1n) is 15.5. The maximum atomic E-state index is 15.3. The SMILES string of the molecule is CCCCOC1CCC(c2ccc(-c3ccc(-c4cc(F)c(C(F)(F)Oc5cc(F)c(OC(F)(F)F)c(F)c5)c(F)c4)c(F)c3)cc2)CC1. The molecule has 1 aliphatic carbocycles. The number of halogens is 10. The Morgan fingerprint density at radius 3 is 1.76 bits per heavy atom. The Labute approximate surface area is 275 Å². The minimum atomic E-state index is -5.50. The predicted molar refractivity (Wildman–Crippen MR) is 161 cm³/mol. The summed E-state index contributed by atoms with van der Waals surface area (Å²) in [6, 6.07) is 12.2. The molecule has 0 saturated heterocycles. The third kappa shape index (κ3) is 8.67. The van der Waals surface area contributed by atoms with Gasteiger partial charge < -0.3 is 14.2 Å². The molecule has 0 aromatic heterocycles. The summed E-state index contributed by atoms with van der Waals surface area (Å²) in [5.74, 6) is -11.8. The van der Waals surface area contributed by atoms with E-state index in [9.17, 15) is 39.5 Å². The van der Waals surface area contributed by atoms with Gasteiger partial charge in [0.05, 0.1) is 6.10 Å². The fourth-order valence-corrected chi connectivity index (χ4v) is 5.85. The van der Waals surface area contributed by atoms with Crippen LogP contribution in [0.5, 0.6) is 11.5 Å². The van der Waals surface area contributed by atoms with Crippen molar-refractivity contribution in [1.82, 2.24) is 0 Å². The Balaban J connectivity index is 1.29. The normalized spacial score (nSPS) is 16.9. The number of rotatable bonds is 11. The lowest BCUT2D eigenvalue weighted by Gasteiger charge is -2.29. The third-order valence-corrected chi connectivity index (χ3v) is 8.29. The number of benzene rings is 4. The first-order chi connectivity index (χ1) is 23.1. The molecule has 1 aliphatic rings. The van der Waals surface area contributed by atoms with E-state index >= 15 is 4.39 Å². The number of hydrogen-bond acceptors (Lipinski definition) is 3. The smallest absolute Gasteiger partial charge is 0.429 e. The highest BCUT2D eigenvalue weighted by atomic mass is 19.4. The first kappa shape index (κ1) is 36.0. The summed E-state index contributed by atoms with van der Waals surface area (Å²) in [7, 11) is 0. The van der Waals surface area contributed by atoms with Crippen LogP contribution in [-0.4, -0.2) is 19.1 Å². The second-order valence-corrected chi connectivity index (χ2v) is 11.7. The highest BCUT2D eigenvalue weighted by Crippen LogP contribution is 2.40. The van der Waals surface area contributed by atoms with Crippen LogP contribution in [0.15, 0.2) is 66.7 Å². The largest absolute Gasteiger partial charge is 0.573 e. The lowest BCUT2D eigenvalue weighted by atomic mass is 9.82. The molecule has 0 atom stereocenters. The van der Waals surface area contributed by atoms with E-state index in [0.717, 1.165) is 56.8 Å². The monoisotopic (exact) mass is 700 g/mol. The lowest BCUT2D eigenvalue weighted by molar-refractivity contribution is -0.276. The van der Waals surface area contributed by atoms with Gasteiger partial charge in [-0.3, -0.25) is 0 Å². The zero-order valence-electron chi connectivity index (χ0n) is 26.0. The van der Waals surface area contributed by atoms with Crippen molar-refractivity contribution in [3.05, 3.63) is 107 Å². The number of unbranched alkanes of at least 4 members (excludes halogenated alkanes) is 1. The summed E-state index contributed by atoms with van der Waals surface area (Å²) in [6.07, 6.45) is -4.06. The third-order valence-electron chi connectivity index (χ3n) is 8.29. The standard InChI is InChI=1S/C36H30F10O3/c1-2-3-14-47-25-11-8-21(9-12-25)20-4-6-22(7-5-20)23-10-13-27(28(37)15-23)24-16-29(38)33(30(39)17-24)35(42,43)48-26-18-31(40)34(32(41)19-26)49-36(44,45)46/h4-7,10,13,15-19,21,25H,2-3,8-9,11-12,14H2,1H3. The van der Waals surface area contributed by atoms with Crippen LogP contribution in [0.2, 0.25) is 0 Å². The summed E-state index contributed by atoms with van der Waals surface area (Å²) < 4.78 is 153. The van der Waals surface area contributed by atoms with Gasteiger partial charge in [-0.15, -0.1) is 13.2 Å². The average molecular weight is 701 g/mol. The molecular weight excluding hydrogens is 670 g/mol. The maximum absolute atomic E-state index is 15.3.